The molecule has 0 bridgehead atoms. The van der Waals surface area contributed by atoms with Gasteiger partial charge in [-0.05, 0) is 12.3 Å². The summed E-state index contributed by atoms with van der Waals surface area (Å²) < 4.78 is 10.5. The van der Waals surface area contributed by atoms with Gasteiger partial charge in [-0.25, -0.2) is 0 Å². The molecule has 1 saturated heterocycles. The molecule has 0 aliphatic carbocycles. The van der Waals surface area contributed by atoms with Crippen molar-refractivity contribution in [3.63, 3.8) is 0 Å². The first-order chi connectivity index (χ1) is 6.97. The minimum absolute atomic E-state index is 0.0433. The first-order valence-electron chi connectivity index (χ1n) is 5.48. The van der Waals surface area contributed by atoms with Crippen molar-refractivity contribution in [2.75, 3.05) is 0 Å². The smallest absolute Gasteiger partial charge is 0.303 e. The number of hydrogen-bond acceptors (Lipinski definition) is 4. The Bertz CT molecular complexity index is 229. The molecule has 0 aromatic rings. The summed E-state index contributed by atoms with van der Waals surface area (Å²) in [5.74, 6) is 0.0157. The number of hydrogen-bond donors (Lipinski definition) is 1. The average Bonchev–Trinajstić information content (AvgIpc) is 2.18. The summed E-state index contributed by atoms with van der Waals surface area (Å²) in [5, 5.41) is 9.71. The van der Waals surface area contributed by atoms with Crippen molar-refractivity contribution in [2.45, 2.75) is 52.6 Å². The summed E-state index contributed by atoms with van der Waals surface area (Å²) in [4.78, 5) is 10.9. The van der Waals surface area contributed by atoms with Gasteiger partial charge in [-0.3, -0.25) is 4.79 Å². The molecule has 1 aliphatic rings. The van der Waals surface area contributed by atoms with Crippen molar-refractivity contribution in [2.24, 2.45) is 11.8 Å². The quantitative estimate of drug-likeness (QED) is 0.707. The first kappa shape index (κ1) is 12.5. The van der Waals surface area contributed by atoms with Crippen LogP contribution in [0.5, 0.6) is 0 Å². The van der Waals surface area contributed by atoms with Crippen LogP contribution in [0.2, 0.25) is 0 Å². The monoisotopic (exact) mass is 216 g/mol. The standard InChI is InChI=1S/C11H20O4/c1-5-9-6(2)7(3)10(11(13)15-9)14-8(4)12/h6-7,9-11,13H,5H2,1-4H3. The molecular weight excluding hydrogens is 196 g/mol. The van der Waals surface area contributed by atoms with E-state index in [0.717, 1.165) is 6.42 Å². The lowest BCUT2D eigenvalue weighted by molar-refractivity contribution is -0.257. The Kier molecular flexibility index (Phi) is 4.11. The molecular formula is C11H20O4. The molecule has 88 valence electrons. The van der Waals surface area contributed by atoms with Gasteiger partial charge >= 0.3 is 5.97 Å². The summed E-state index contributed by atoms with van der Waals surface area (Å²) in [6.07, 6.45) is -0.637. The van der Waals surface area contributed by atoms with Crippen LogP contribution in [0.25, 0.3) is 0 Å². The highest BCUT2D eigenvalue weighted by molar-refractivity contribution is 5.66. The van der Waals surface area contributed by atoms with Gasteiger partial charge in [-0.2, -0.15) is 0 Å². The zero-order valence-corrected chi connectivity index (χ0v) is 9.77. The molecule has 5 unspecified atom stereocenters. The molecule has 15 heavy (non-hydrogen) atoms. The molecule has 4 heteroatoms. The maximum absolute atomic E-state index is 10.9. The fourth-order valence-electron chi connectivity index (χ4n) is 2.10. The Morgan fingerprint density at radius 3 is 2.47 bits per heavy atom. The van der Waals surface area contributed by atoms with E-state index in [0.29, 0.717) is 0 Å². The fourth-order valence-corrected chi connectivity index (χ4v) is 2.10. The second-order valence-electron chi connectivity index (χ2n) is 4.27. The molecule has 1 fully saturated rings. The van der Waals surface area contributed by atoms with Crippen LogP contribution in [0, 0.1) is 11.8 Å². The molecule has 0 spiro atoms. The number of ether oxygens (including phenoxy) is 2. The topological polar surface area (TPSA) is 55.8 Å². The van der Waals surface area contributed by atoms with Gasteiger partial charge < -0.3 is 14.6 Å². The summed E-state index contributed by atoms with van der Waals surface area (Å²) in [6.45, 7) is 7.40. The third-order valence-corrected chi connectivity index (χ3v) is 3.23. The van der Waals surface area contributed by atoms with Gasteiger partial charge in [0.1, 0.15) is 0 Å². The van der Waals surface area contributed by atoms with Gasteiger partial charge in [0.2, 0.25) is 0 Å². The highest BCUT2D eigenvalue weighted by atomic mass is 16.6. The van der Waals surface area contributed by atoms with E-state index < -0.39 is 12.4 Å². The second kappa shape index (κ2) is 4.94. The third-order valence-electron chi connectivity index (χ3n) is 3.23. The van der Waals surface area contributed by atoms with Crippen molar-refractivity contribution in [1.29, 1.82) is 0 Å². The van der Waals surface area contributed by atoms with Gasteiger partial charge in [-0.15, -0.1) is 0 Å². The molecule has 0 saturated carbocycles. The van der Waals surface area contributed by atoms with E-state index in [1.165, 1.54) is 6.92 Å². The van der Waals surface area contributed by atoms with E-state index in [1.807, 2.05) is 13.8 Å². The van der Waals surface area contributed by atoms with E-state index in [4.69, 9.17) is 9.47 Å². The lowest BCUT2D eigenvalue weighted by Gasteiger charge is -2.41. The van der Waals surface area contributed by atoms with Crippen molar-refractivity contribution >= 4 is 5.97 Å². The average molecular weight is 216 g/mol. The predicted molar refractivity (Wildman–Crippen MR) is 55.1 cm³/mol. The molecule has 1 N–H and O–H groups in total. The highest BCUT2D eigenvalue weighted by Gasteiger charge is 2.41. The molecule has 5 atom stereocenters. The molecule has 0 radical (unpaired) electrons. The van der Waals surface area contributed by atoms with Crippen LogP contribution in [-0.2, 0) is 14.3 Å². The second-order valence-corrected chi connectivity index (χ2v) is 4.27. The van der Waals surface area contributed by atoms with E-state index in [-0.39, 0.29) is 23.9 Å². The van der Waals surface area contributed by atoms with Crippen LogP contribution in [-0.4, -0.2) is 29.6 Å². The van der Waals surface area contributed by atoms with Crippen LogP contribution in [0.4, 0.5) is 0 Å². The molecule has 0 aromatic carbocycles. The van der Waals surface area contributed by atoms with Crippen LogP contribution in [0.1, 0.15) is 34.1 Å². The predicted octanol–water partition coefficient (Wildman–Crippen LogP) is 1.32. The SMILES string of the molecule is CCC1OC(O)C(OC(C)=O)C(C)C1C. The van der Waals surface area contributed by atoms with E-state index in [1.54, 1.807) is 0 Å². The fraction of sp³-hybridized carbons (Fsp3) is 0.909. The molecule has 0 amide bonds. The normalized spacial score (nSPS) is 41.3. The summed E-state index contributed by atoms with van der Waals surface area (Å²) in [7, 11) is 0. The number of carbonyl (C=O) groups is 1. The van der Waals surface area contributed by atoms with Crippen molar-refractivity contribution in [1.82, 2.24) is 0 Å². The van der Waals surface area contributed by atoms with Gasteiger partial charge in [0.15, 0.2) is 12.4 Å². The summed E-state index contributed by atoms with van der Waals surface area (Å²) in [6, 6.07) is 0. The Morgan fingerprint density at radius 1 is 1.40 bits per heavy atom. The van der Waals surface area contributed by atoms with Crippen molar-refractivity contribution < 1.29 is 19.4 Å². The molecule has 0 aromatic heterocycles. The van der Waals surface area contributed by atoms with Gasteiger partial charge in [0, 0.05) is 12.8 Å². The molecule has 1 aliphatic heterocycles. The maximum Gasteiger partial charge on any atom is 0.303 e. The number of aliphatic hydroxyl groups is 1. The number of aliphatic hydroxyl groups excluding tert-OH is 1. The van der Waals surface area contributed by atoms with Crippen molar-refractivity contribution in [3.05, 3.63) is 0 Å². The van der Waals surface area contributed by atoms with Crippen LogP contribution in [0.3, 0.4) is 0 Å². The zero-order valence-electron chi connectivity index (χ0n) is 9.77. The minimum atomic E-state index is -0.995. The van der Waals surface area contributed by atoms with Crippen molar-refractivity contribution in [3.8, 4) is 0 Å². The first-order valence-corrected chi connectivity index (χ1v) is 5.48. The highest BCUT2D eigenvalue weighted by Crippen LogP contribution is 2.32. The lowest BCUT2D eigenvalue weighted by atomic mass is 9.82. The van der Waals surface area contributed by atoms with Gasteiger partial charge in [0.05, 0.1) is 6.10 Å². The molecule has 1 heterocycles. The molecule has 1 rings (SSSR count). The summed E-state index contributed by atoms with van der Waals surface area (Å²) in [5.41, 5.74) is 0. The van der Waals surface area contributed by atoms with Gasteiger partial charge in [-0.1, -0.05) is 20.8 Å². The van der Waals surface area contributed by atoms with E-state index >= 15 is 0 Å². The van der Waals surface area contributed by atoms with Crippen LogP contribution >= 0.6 is 0 Å². The summed E-state index contributed by atoms with van der Waals surface area (Å²) >= 11 is 0. The van der Waals surface area contributed by atoms with Gasteiger partial charge in [0.25, 0.3) is 0 Å². The lowest BCUT2D eigenvalue weighted by Crippen LogP contribution is -2.50. The van der Waals surface area contributed by atoms with Crippen LogP contribution < -0.4 is 0 Å². The Hall–Kier alpha value is -0.610. The van der Waals surface area contributed by atoms with E-state index in [9.17, 15) is 9.90 Å². The minimum Gasteiger partial charge on any atom is -0.457 e. The number of carbonyl (C=O) groups excluding carboxylic acids is 1. The Labute approximate surface area is 90.6 Å². The number of esters is 1. The maximum atomic E-state index is 10.9. The Balaban J connectivity index is 2.70. The third kappa shape index (κ3) is 2.69. The largest absolute Gasteiger partial charge is 0.457 e. The zero-order chi connectivity index (χ0) is 11.6. The van der Waals surface area contributed by atoms with E-state index in [2.05, 4.69) is 6.92 Å². The molecule has 4 nitrogen and oxygen atoms in total. The number of rotatable bonds is 2. The van der Waals surface area contributed by atoms with Crippen LogP contribution in [0.15, 0.2) is 0 Å². The Morgan fingerprint density at radius 2 is 2.00 bits per heavy atom.